The minimum Gasteiger partial charge on any atom is -0.484 e. The first-order valence-electron chi connectivity index (χ1n) is 7.09. The highest BCUT2D eigenvalue weighted by Gasteiger charge is 2.60. The van der Waals surface area contributed by atoms with E-state index in [1.807, 2.05) is 48.5 Å². The number of benzene rings is 2. The van der Waals surface area contributed by atoms with Crippen molar-refractivity contribution >= 4 is 11.6 Å². The summed E-state index contributed by atoms with van der Waals surface area (Å²) >= 11 is 5.97. The molecule has 0 N–H and O–H groups in total. The number of hydrogen-bond donors (Lipinski definition) is 0. The number of epoxide rings is 1. The van der Waals surface area contributed by atoms with E-state index in [2.05, 4.69) is 20.8 Å². The molecule has 3 heteroatoms. The van der Waals surface area contributed by atoms with E-state index < -0.39 is 11.2 Å². The van der Waals surface area contributed by atoms with E-state index in [0.717, 1.165) is 16.3 Å². The fraction of sp³-hybridized carbons (Fsp3) is 0.333. The normalized spacial score (nSPS) is 21.1. The zero-order valence-electron chi connectivity index (χ0n) is 12.5. The molecule has 0 amide bonds. The Morgan fingerprint density at radius 1 is 1.05 bits per heavy atom. The van der Waals surface area contributed by atoms with Crippen LogP contribution in [-0.4, -0.2) is 12.2 Å². The first-order valence-corrected chi connectivity index (χ1v) is 7.46. The Kier molecular flexibility index (Phi) is 3.46. The fourth-order valence-electron chi connectivity index (χ4n) is 2.64. The Bertz CT molecular complexity index is 625. The molecule has 0 spiro atoms. The molecule has 3 rings (SSSR count). The molecular weight excluding hydrogens is 284 g/mol. The van der Waals surface area contributed by atoms with E-state index in [9.17, 15) is 0 Å². The Hall–Kier alpha value is -1.51. The third kappa shape index (κ3) is 2.66. The van der Waals surface area contributed by atoms with Gasteiger partial charge in [-0.05, 0) is 50.6 Å². The van der Waals surface area contributed by atoms with Gasteiger partial charge in [0.1, 0.15) is 11.4 Å². The summed E-state index contributed by atoms with van der Waals surface area (Å²) in [5.74, 6) is 0.856. The van der Waals surface area contributed by atoms with Gasteiger partial charge < -0.3 is 9.47 Å². The average Bonchev–Trinajstić information content (AvgIpc) is 3.24. The van der Waals surface area contributed by atoms with Crippen molar-refractivity contribution in [3.63, 3.8) is 0 Å². The second-order valence-corrected chi connectivity index (χ2v) is 6.48. The van der Waals surface area contributed by atoms with Gasteiger partial charge in [-0.25, -0.2) is 0 Å². The molecule has 2 aromatic rings. The van der Waals surface area contributed by atoms with Crippen LogP contribution < -0.4 is 4.74 Å². The van der Waals surface area contributed by atoms with E-state index in [0.29, 0.717) is 6.61 Å². The molecule has 0 aliphatic carbocycles. The van der Waals surface area contributed by atoms with Gasteiger partial charge in [0.25, 0.3) is 0 Å². The number of halogens is 1. The van der Waals surface area contributed by atoms with Crippen LogP contribution in [0.15, 0.2) is 48.5 Å². The lowest BCUT2D eigenvalue weighted by Crippen LogP contribution is -2.43. The summed E-state index contributed by atoms with van der Waals surface area (Å²) in [5.41, 5.74) is 1.46. The van der Waals surface area contributed by atoms with Gasteiger partial charge in [-0.15, -0.1) is 0 Å². The maximum atomic E-state index is 6.21. The van der Waals surface area contributed by atoms with Crippen molar-refractivity contribution in [1.29, 1.82) is 0 Å². The molecule has 2 nitrogen and oxygen atoms in total. The molecule has 1 heterocycles. The quantitative estimate of drug-likeness (QED) is 0.761. The van der Waals surface area contributed by atoms with Crippen LogP contribution in [0.4, 0.5) is 0 Å². The van der Waals surface area contributed by atoms with Crippen molar-refractivity contribution in [2.75, 3.05) is 6.61 Å². The van der Waals surface area contributed by atoms with E-state index in [1.165, 1.54) is 5.56 Å². The van der Waals surface area contributed by atoms with Crippen molar-refractivity contribution in [2.24, 2.45) is 0 Å². The lowest BCUT2D eigenvalue weighted by molar-refractivity contribution is 0.0153. The molecule has 1 aliphatic heterocycles. The van der Waals surface area contributed by atoms with Crippen LogP contribution in [0, 0.1) is 6.92 Å². The summed E-state index contributed by atoms with van der Waals surface area (Å²) in [6.07, 6.45) is 0. The SMILES string of the molecule is Cc1ccc(OC(C)(C)C2(c3ccc(Cl)cc3)CO2)cc1. The topological polar surface area (TPSA) is 21.8 Å². The van der Waals surface area contributed by atoms with Crippen LogP contribution in [0.5, 0.6) is 5.75 Å². The number of rotatable bonds is 4. The maximum absolute atomic E-state index is 6.21. The monoisotopic (exact) mass is 302 g/mol. The van der Waals surface area contributed by atoms with Crippen molar-refractivity contribution in [1.82, 2.24) is 0 Å². The molecule has 1 fully saturated rings. The van der Waals surface area contributed by atoms with E-state index >= 15 is 0 Å². The van der Waals surface area contributed by atoms with Crippen LogP contribution in [0.2, 0.25) is 5.02 Å². The molecule has 1 aliphatic rings. The lowest BCUT2D eigenvalue weighted by Gasteiger charge is -2.33. The minimum atomic E-state index is -0.462. The van der Waals surface area contributed by atoms with Gasteiger partial charge in [0.15, 0.2) is 5.60 Å². The molecule has 1 atom stereocenters. The van der Waals surface area contributed by atoms with Crippen molar-refractivity contribution < 1.29 is 9.47 Å². The van der Waals surface area contributed by atoms with Gasteiger partial charge in [-0.3, -0.25) is 0 Å². The van der Waals surface area contributed by atoms with Gasteiger partial charge >= 0.3 is 0 Å². The zero-order chi connectivity index (χ0) is 15.1. The van der Waals surface area contributed by atoms with Gasteiger partial charge in [-0.2, -0.15) is 0 Å². The Morgan fingerprint density at radius 2 is 1.62 bits per heavy atom. The van der Waals surface area contributed by atoms with E-state index in [1.54, 1.807) is 0 Å². The van der Waals surface area contributed by atoms with Crippen molar-refractivity contribution in [3.05, 3.63) is 64.7 Å². The minimum absolute atomic E-state index is 0.400. The molecule has 1 unspecified atom stereocenters. The van der Waals surface area contributed by atoms with Gasteiger partial charge in [-0.1, -0.05) is 41.4 Å². The first-order chi connectivity index (χ1) is 9.93. The lowest BCUT2D eigenvalue weighted by atomic mass is 9.84. The predicted molar refractivity (Wildman–Crippen MR) is 85.0 cm³/mol. The second kappa shape index (κ2) is 5.04. The highest BCUT2D eigenvalue weighted by molar-refractivity contribution is 6.30. The van der Waals surface area contributed by atoms with Crippen LogP contribution in [0.1, 0.15) is 25.0 Å². The highest BCUT2D eigenvalue weighted by Crippen LogP contribution is 2.49. The third-order valence-electron chi connectivity index (χ3n) is 4.11. The summed E-state index contributed by atoms with van der Waals surface area (Å²) in [7, 11) is 0. The van der Waals surface area contributed by atoms with Crippen LogP contribution in [0.25, 0.3) is 0 Å². The summed E-state index contributed by atoms with van der Waals surface area (Å²) in [5, 5.41) is 0.729. The van der Waals surface area contributed by atoms with Crippen LogP contribution in [-0.2, 0) is 10.3 Å². The third-order valence-corrected chi connectivity index (χ3v) is 4.36. The molecule has 110 valence electrons. The molecule has 0 aromatic heterocycles. The summed E-state index contributed by atoms with van der Waals surface area (Å²) in [4.78, 5) is 0. The number of hydrogen-bond acceptors (Lipinski definition) is 2. The van der Waals surface area contributed by atoms with Gasteiger partial charge in [0.2, 0.25) is 0 Å². The predicted octanol–water partition coefficient (Wildman–Crippen LogP) is 4.73. The van der Waals surface area contributed by atoms with E-state index in [4.69, 9.17) is 21.1 Å². The Morgan fingerprint density at radius 3 is 2.14 bits per heavy atom. The smallest absolute Gasteiger partial charge is 0.155 e. The fourth-order valence-corrected chi connectivity index (χ4v) is 2.76. The molecular formula is C18H19ClO2. The standard InChI is InChI=1S/C18H19ClO2/c1-13-4-10-16(11-5-13)21-17(2,3)18(12-20-18)14-6-8-15(19)9-7-14/h4-11H,12H2,1-3H3. The first kappa shape index (κ1) is 14.4. The van der Waals surface area contributed by atoms with E-state index in [-0.39, 0.29) is 0 Å². The number of aryl methyl sites for hydroxylation is 1. The van der Waals surface area contributed by atoms with Crippen LogP contribution >= 0.6 is 11.6 Å². The van der Waals surface area contributed by atoms with Crippen molar-refractivity contribution in [3.8, 4) is 5.75 Å². The Balaban J connectivity index is 1.86. The van der Waals surface area contributed by atoms with Gasteiger partial charge in [0.05, 0.1) is 6.61 Å². The van der Waals surface area contributed by atoms with Crippen molar-refractivity contribution in [2.45, 2.75) is 32.0 Å². The van der Waals surface area contributed by atoms with Crippen LogP contribution in [0.3, 0.4) is 0 Å². The summed E-state index contributed by atoms with van der Waals surface area (Å²) in [6, 6.07) is 15.9. The molecule has 1 saturated heterocycles. The average molecular weight is 303 g/mol. The summed E-state index contributed by atoms with van der Waals surface area (Å²) < 4.78 is 12.0. The molecule has 0 bridgehead atoms. The molecule has 21 heavy (non-hydrogen) atoms. The largest absolute Gasteiger partial charge is 0.484 e. The van der Waals surface area contributed by atoms with Gasteiger partial charge in [0, 0.05) is 5.02 Å². The molecule has 2 aromatic carbocycles. The maximum Gasteiger partial charge on any atom is 0.155 e. The summed E-state index contributed by atoms with van der Waals surface area (Å²) in [6.45, 7) is 6.85. The Labute approximate surface area is 130 Å². The zero-order valence-corrected chi connectivity index (χ0v) is 13.3. The second-order valence-electron chi connectivity index (χ2n) is 6.05. The highest BCUT2D eigenvalue weighted by atomic mass is 35.5. The molecule has 0 saturated carbocycles. The number of ether oxygens (including phenoxy) is 2. The molecule has 0 radical (unpaired) electrons.